The molecular formula is C11H22N2OS. The Kier molecular flexibility index (Phi) is 5.47. The van der Waals surface area contributed by atoms with Crippen molar-refractivity contribution in [2.75, 3.05) is 24.6 Å². The van der Waals surface area contributed by atoms with Gasteiger partial charge in [-0.2, -0.15) is 11.8 Å². The fourth-order valence-corrected chi connectivity index (χ4v) is 2.91. The molecule has 4 heteroatoms. The maximum atomic E-state index is 12.0. The second-order valence-corrected chi connectivity index (χ2v) is 5.32. The van der Waals surface area contributed by atoms with Crippen LogP contribution in [0.4, 0.5) is 0 Å². The second kappa shape index (κ2) is 6.38. The maximum absolute atomic E-state index is 12.0. The number of rotatable bonds is 4. The van der Waals surface area contributed by atoms with Gasteiger partial charge in [0.05, 0.1) is 0 Å². The van der Waals surface area contributed by atoms with Crippen molar-refractivity contribution < 1.29 is 4.79 Å². The summed E-state index contributed by atoms with van der Waals surface area (Å²) in [4.78, 5) is 14.0. The molecule has 1 amide bonds. The van der Waals surface area contributed by atoms with Crippen molar-refractivity contribution in [1.29, 1.82) is 0 Å². The van der Waals surface area contributed by atoms with E-state index in [1.165, 1.54) is 0 Å². The SMILES string of the molecule is CCNC(C)CC(=O)N1CCSCC1C. The van der Waals surface area contributed by atoms with Gasteiger partial charge in [-0.05, 0) is 20.4 Å². The summed E-state index contributed by atoms with van der Waals surface area (Å²) in [6.45, 7) is 8.14. The van der Waals surface area contributed by atoms with Gasteiger partial charge in [-0.25, -0.2) is 0 Å². The van der Waals surface area contributed by atoms with Gasteiger partial charge in [-0.15, -0.1) is 0 Å². The van der Waals surface area contributed by atoms with Gasteiger partial charge in [-0.1, -0.05) is 6.92 Å². The van der Waals surface area contributed by atoms with Crippen molar-refractivity contribution in [1.82, 2.24) is 10.2 Å². The Bertz CT molecular complexity index is 211. The molecule has 0 aromatic carbocycles. The van der Waals surface area contributed by atoms with Crippen molar-refractivity contribution in [3.63, 3.8) is 0 Å². The van der Waals surface area contributed by atoms with Crippen LogP contribution in [0.2, 0.25) is 0 Å². The minimum Gasteiger partial charge on any atom is -0.338 e. The quantitative estimate of drug-likeness (QED) is 0.791. The van der Waals surface area contributed by atoms with Crippen LogP contribution in [-0.4, -0.2) is 47.5 Å². The number of hydrogen-bond acceptors (Lipinski definition) is 3. The Morgan fingerprint density at radius 2 is 2.40 bits per heavy atom. The van der Waals surface area contributed by atoms with E-state index >= 15 is 0 Å². The molecule has 0 aromatic heterocycles. The molecule has 0 radical (unpaired) electrons. The summed E-state index contributed by atoms with van der Waals surface area (Å²) in [5, 5.41) is 3.28. The van der Waals surface area contributed by atoms with E-state index in [0.717, 1.165) is 24.6 Å². The molecule has 0 saturated carbocycles. The molecule has 1 saturated heterocycles. The van der Waals surface area contributed by atoms with E-state index in [9.17, 15) is 4.79 Å². The molecule has 0 spiro atoms. The van der Waals surface area contributed by atoms with Crippen molar-refractivity contribution in [2.24, 2.45) is 0 Å². The van der Waals surface area contributed by atoms with E-state index in [2.05, 4.69) is 26.1 Å². The van der Waals surface area contributed by atoms with E-state index in [-0.39, 0.29) is 0 Å². The molecule has 1 heterocycles. The normalized spacial score (nSPS) is 23.9. The highest BCUT2D eigenvalue weighted by Gasteiger charge is 2.24. The molecular weight excluding hydrogens is 208 g/mol. The summed E-state index contributed by atoms with van der Waals surface area (Å²) in [5.74, 6) is 2.48. The molecule has 0 aliphatic carbocycles. The zero-order valence-electron chi connectivity index (χ0n) is 9.95. The Balaban J connectivity index is 2.37. The van der Waals surface area contributed by atoms with Gasteiger partial charge in [-0.3, -0.25) is 4.79 Å². The molecule has 3 nitrogen and oxygen atoms in total. The van der Waals surface area contributed by atoms with Gasteiger partial charge in [0.15, 0.2) is 0 Å². The number of carbonyl (C=O) groups is 1. The first-order chi connectivity index (χ1) is 7.15. The molecule has 1 aliphatic heterocycles. The van der Waals surface area contributed by atoms with Gasteiger partial charge in [0.25, 0.3) is 0 Å². The fraction of sp³-hybridized carbons (Fsp3) is 0.909. The summed E-state index contributed by atoms with van der Waals surface area (Å²) in [6, 6.07) is 0.703. The number of nitrogens with one attached hydrogen (secondary N) is 1. The Morgan fingerprint density at radius 3 is 3.00 bits per heavy atom. The lowest BCUT2D eigenvalue weighted by molar-refractivity contribution is -0.133. The van der Waals surface area contributed by atoms with Crippen molar-refractivity contribution in [3.05, 3.63) is 0 Å². The van der Waals surface area contributed by atoms with Crippen LogP contribution in [0.1, 0.15) is 27.2 Å². The number of carbonyl (C=O) groups excluding carboxylic acids is 1. The minimum absolute atomic E-state index is 0.296. The highest BCUT2D eigenvalue weighted by molar-refractivity contribution is 7.99. The van der Waals surface area contributed by atoms with Crippen LogP contribution in [0.15, 0.2) is 0 Å². The summed E-state index contributed by atoms with van der Waals surface area (Å²) >= 11 is 1.94. The molecule has 1 rings (SSSR count). The molecule has 0 aromatic rings. The highest BCUT2D eigenvalue weighted by Crippen LogP contribution is 2.17. The molecule has 1 N–H and O–H groups in total. The Morgan fingerprint density at radius 1 is 1.67 bits per heavy atom. The van der Waals surface area contributed by atoms with Crippen LogP contribution >= 0.6 is 11.8 Å². The zero-order chi connectivity index (χ0) is 11.3. The van der Waals surface area contributed by atoms with Crippen LogP contribution in [0, 0.1) is 0 Å². The van der Waals surface area contributed by atoms with Crippen LogP contribution in [0.5, 0.6) is 0 Å². The highest BCUT2D eigenvalue weighted by atomic mass is 32.2. The summed E-state index contributed by atoms with van der Waals surface area (Å²) in [6.07, 6.45) is 0.628. The van der Waals surface area contributed by atoms with Gasteiger partial charge < -0.3 is 10.2 Å². The first-order valence-electron chi connectivity index (χ1n) is 5.75. The first-order valence-corrected chi connectivity index (χ1v) is 6.91. The molecule has 2 unspecified atom stereocenters. The monoisotopic (exact) mass is 230 g/mol. The van der Waals surface area contributed by atoms with Gasteiger partial charge >= 0.3 is 0 Å². The minimum atomic E-state index is 0.296. The van der Waals surface area contributed by atoms with Crippen LogP contribution in [0.25, 0.3) is 0 Å². The maximum Gasteiger partial charge on any atom is 0.224 e. The fourth-order valence-electron chi connectivity index (χ4n) is 1.90. The average molecular weight is 230 g/mol. The number of thioether (sulfide) groups is 1. The van der Waals surface area contributed by atoms with Crippen molar-refractivity contribution in [3.8, 4) is 0 Å². The molecule has 88 valence electrons. The smallest absolute Gasteiger partial charge is 0.224 e. The lowest BCUT2D eigenvalue weighted by Gasteiger charge is -2.33. The van der Waals surface area contributed by atoms with E-state index in [0.29, 0.717) is 24.4 Å². The lowest BCUT2D eigenvalue weighted by atomic mass is 10.2. The van der Waals surface area contributed by atoms with Crippen LogP contribution in [0.3, 0.4) is 0 Å². The largest absolute Gasteiger partial charge is 0.338 e. The first kappa shape index (κ1) is 12.8. The van der Waals surface area contributed by atoms with E-state index in [4.69, 9.17) is 0 Å². The van der Waals surface area contributed by atoms with E-state index in [1.807, 2.05) is 16.7 Å². The molecule has 1 aliphatic rings. The topological polar surface area (TPSA) is 32.3 Å². The third-order valence-electron chi connectivity index (χ3n) is 2.72. The van der Waals surface area contributed by atoms with Crippen molar-refractivity contribution in [2.45, 2.75) is 39.3 Å². The lowest BCUT2D eigenvalue weighted by Crippen LogP contribution is -2.46. The Labute approximate surface area is 97.0 Å². The molecule has 2 atom stereocenters. The predicted molar refractivity (Wildman–Crippen MR) is 66.3 cm³/mol. The zero-order valence-corrected chi connectivity index (χ0v) is 10.8. The predicted octanol–water partition coefficient (Wildman–Crippen LogP) is 1.34. The van der Waals surface area contributed by atoms with E-state index in [1.54, 1.807) is 0 Å². The summed E-state index contributed by atoms with van der Waals surface area (Å²) < 4.78 is 0. The molecule has 0 bridgehead atoms. The van der Waals surface area contributed by atoms with Crippen LogP contribution in [-0.2, 0) is 4.79 Å². The third kappa shape index (κ3) is 4.03. The summed E-state index contributed by atoms with van der Waals surface area (Å²) in [5.41, 5.74) is 0. The molecule has 1 fully saturated rings. The Hall–Kier alpha value is -0.220. The third-order valence-corrected chi connectivity index (χ3v) is 3.91. The number of amides is 1. The van der Waals surface area contributed by atoms with Gasteiger partial charge in [0.2, 0.25) is 5.91 Å². The van der Waals surface area contributed by atoms with Crippen LogP contribution < -0.4 is 5.32 Å². The van der Waals surface area contributed by atoms with Gasteiger partial charge in [0.1, 0.15) is 0 Å². The standard InChI is InChI=1S/C11H22N2OS/c1-4-12-9(2)7-11(14)13-5-6-15-8-10(13)3/h9-10,12H,4-8H2,1-3H3. The summed E-state index contributed by atoms with van der Waals surface area (Å²) in [7, 11) is 0. The van der Waals surface area contributed by atoms with E-state index < -0.39 is 0 Å². The number of nitrogens with zero attached hydrogens (tertiary/aromatic N) is 1. The second-order valence-electron chi connectivity index (χ2n) is 4.17. The average Bonchev–Trinajstić information content (AvgIpc) is 2.18. The van der Waals surface area contributed by atoms with Gasteiger partial charge in [0, 0.05) is 36.6 Å². The number of hydrogen-bond donors (Lipinski definition) is 1. The molecule has 15 heavy (non-hydrogen) atoms. The van der Waals surface area contributed by atoms with Crippen molar-refractivity contribution >= 4 is 17.7 Å².